The van der Waals surface area contributed by atoms with Crippen molar-refractivity contribution in [2.24, 2.45) is 0 Å². The van der Waals surface area contributed by atoms with Crippen molar-refractivity contribution in [3.05, 3.63) is 80.4 Å². The molecule has 1 aliphatic rings. The number of rotatable bonds is 7. The van der Waals surface area contributed by atoms with Crippen LogP contribution in [0.15, 0.2) is 58.2 Å². The number of halogens is 1. The predicted molar refractivity (Wildman–Crippen MR) is 113 cm³/mol. The third-order valence-corrected chi connectivity index (χ3v) is 5.45. The summed E-state index contributed by atoms with van der Waals surface area (Å²) in [5.41, 5.74) is 8.00. The first-order valence-corrected chi connectivity index (χ1v) is 9.63. The largest absolute Gasteiger partial charge is 0.312 e. The van der Waals surface area contributed by atoms with E-state index in [1.54, 1.807) is 11.6 Å². The van der Waals surface area contributed by atoms with E-state index in [4.69, 9.17) is 5.21 Å². The maximum absolute atomic E-state index is 11.0. The topological polar surface area (TPSA) is 61.4 Å². The lowest BCUT2D eigenvalue weighted by molar-refractivity contribution is -0.124. The van der Waals surface area contributed by atoms with Crippen LogP contribution in [0.25, 0.3) is 11.6 Å². The summed E-state index contributed by atoms with van der Waals surface area (Å²) in [6.07, 6.45) is 5.05. The van der Waals surface area contributed by atoms with E-state index in [0.717, 1.165) is 31.5 Å². The molecule has 2 aromatic carbocycles. The number of carbonyl (C=O) groups excluding carboxylic acids is 1. The summed E-state index contributed by atoms with van der Waals surface area (Å²) in [6, 6.07) is 16.7. The van der Waals surface area contributed by atoms with E-state index in [1.807, 2.05) is 24.3 Å². The Kier molecular flexibility index (Phi) is 6.60. The van der Waals surface area contributed by atoms with E-state index in [-0.39, 0.29) is 0 Å². The minimum absolute atomic E-state index is 0.534. The molecular weight excluding hydrogens is 439 g/mol. The molecule has 0 bridgehead atoms. The Morgan fingerprint density at radius 2 is 1.92 bits per heavy atom. The smallest absolute Gasteiger partial charge is 0.267 e. The van der Waals surface area contributed by atoms with Gasteiger partial charge in [0.25, 0.3) is 5.91 Å². The van der Waals surface area contributed by atoms with Gasteiger partial charge in [0.2, 0.25) is 0 Å². The van der Waals surface area contributed by atoms with Gasteiger partial charge in [-0.25, -0.2) is 5.48 Å². The predicted octanol–water partition coefficient (Wildman–Crippen LogP) is 4.09. The maximum atomic E-state index is 11.0. The Labute approximate surface area is 167 Å². The van der Waals surface area contributed by atoms with E-state index in [0.29, 0.717) is 0 Å². The zero-order valence-electron chi connectivity index (χ0n) is 14.3. The minimum Gasteiger partial charge on any atom is -0.312 e. The lowest BCUT2D eigenvalue weighted by Crippen LogP contribution is -2.15. The SMILES string of the molecule is O=C(C=Cc1ccc(CNCCC2=C(I)Cc3ccccc32)cc1)NO. The van der Waals surface area contributed by atoms with Gasteiger partial charge in [-0.15, -0.1) is 0 Å². The molecule has 0 aromatic heterocycles. The summed E-state index contributed by atoms with van der Waals surface area (Å²) >= 11 is 2.47. The van der Waals surface area contributed by atoms with Crippen LogP contribution in [0.1, 0.15) is 28.7 Å². The Balaban J connectivity index is 1.48. The lowest BCUT2D eigenvalue weighted by atomic mass is 10.0. The fourth-order valence-electron chi connectivity index (χ4n) is 3.06. The average Bonchev–Trinajstić information content (AvgIpc) is 2.99. The standard InChI is InChI=1S/C21H21IN2O2/c22-20-13-17-3-1-2-4-18(17)19(20)11-12-23-14-16-7-5-15(6-8-16)9-10-21(25)24-26/h1-10,23,26H,11-14H2,(H,24,25). The Morgan fingerprint density at radius 1 is 1.15 bits per heavy atom. The van der Waals surface area contributed by atoms with Crippen LogP contribution in [-0.4, -0.2) is 17.7 Å². The molecule has 26 heavy (non-hydrogen) atoms. The average molecular weight is 460 g/mol. The molecular formula is C21H21IN2O2. The van der Waals surface area contributed by atoms with Gasteiger partial charge in [-0.3, -0.25) is 10.0 Å². The zero-order chi connectivity index (χ0) is 18.4. The van der Waals surface area contributed by atoms with Gasteiger partial charge < -0.3 is 5.32 Å². The van der Waals surface area contributed by atoms with Gasteiger partial charge >= 0.3 is 0 Å². The Morgan fingerprint density at radius 3 is 2.69 bits per heavy atom. The van der Waals surface area contributed by atoms with E-state index < -0.39 is 5.91 Å². The summed E-state index contributed by atoms with van der Waals surface area (Å²) in [4.78, 5) is 11.0. The van der Waals surface area contributed by atoms with Crippen molar-refractivity contribution >= 4 is 40.1 Å². The minimum atomic E-state index is -0.534. The quantitative estimate of drug-likeness (QED) is 0.192. The van der Waals surface area contributed by atoms with Crippen molar-refractivity contribution in [1.29, 1.82) is 0 Å². The van der Waals surface area contributed by atoms with Crippen molar-refractivity contribution in [3.8, 4) is 0 Å². The van der Waals surface area contributed by atoms with Crippen LogP contribution >= 0.6 is 22.6 Å². The number of benzene rings is 2. The molecule has 0 saturated heterocycles. The van der Waals surface area contributed by atoms with Gasteiger partial charge in [0.05, 0.1) is 0 Å². The van der Waals surface area contributed by atoms with Gasteiger partial charge in [-0.1, -0.05) is 48.5 Å². The number of fused-ring (bicyclic) bond motifs is 1. The summed E-state index contributed by atoms with van der Waals surface area (Å²) in [6.45, 7) is 1.75. The third kappa shape index (κ3) is 4.81. The first kappa shape index (κ1) is 18.8. The van der Waals surface area contributed by atoms with E-state index in [9.17, 15) is 4.79 Å². The Hall–Kier alpha value is -1.96. The van der Waals surface area contributed by atoms with Crippen molar-refractivity contribution in [1.82, 2.24) is 10.8 Å². The maximum Gasteiger partial charge on any atom is 0.267 e. The van der Waals surface area contributed by atoms with Crippen LogP contribution in [0, 0.1) is 0 Å². The third-order valence-electron chi connectivity index (χ3n) is 4.41. The molecule has 2 aromatic rings. The molecule has 0 spiro atoms. The van der Waals surface area contributed by atoms with Crippen LogP contribution in [0.3, 0.4) is 0 Å². The fourth-order valence-corrected chi connectivity index (χ4v) is 4.03. The molecule has 5 heteroatoms. The number of amides is 1. The number of nitrogens with one attached hydrogen (secondary N) is 2. The molecule has 0 saturated carbocycles. The Bertz CT molecular complexity index is 841. The number of carbonyl (C=O) groups is 1. The molecule has 0 atom stereocenters. The van der Waals surface area contributed by atoms with Crippen LogP contribution in [0.5, 0.6) is 0 Å². The van der Waals surface area contributed by atoms with Crippen LogP contribution < -0.4 is 10.8 Å². The molecule has 3 N–H and O–H groups in total. The highest BCUT2D eigenvalue weighted by molar-refractivity contribution is 14.1. The van der Waals surface area contributed by atoms with Crippen molar-refractivity contribution in [2.45, 2.75) is 19.4 Å². The second-order valence-electron chi connectivity index (χ2n) is 6.20. The lowest BCUT2D eigenvalue weighted by Gasteiger charge is -2.08. The van der Waals surface area contributed by atoms with Gasteiger partial charge in [-0.05, 0) is 73.0 Å². The number of allylic oxidation sites excluding steroid dienone is 1. The summed E-state index contributed by atoms with van der Waals surface area (Å²) in [7, 11) is 0. The van der Waals surface area contributed by atoms with Crippen molar-refractivity contribution in [2.75, 3.05) is 6.54 Å². The molecule has 134 valence electrons. The highest BCUT2D eigenvalue weighted by atomic mass is 127. The second kappa shape index (κ2) is 9.12. The van der Waals surface area contributed by atoms with E-state index in [1.165, 1.54) is 31.9 Å². The molecule has 0 radical (unpaired) electrons. The molecule has 1 amide bonds. The zero-order valence-corrected chi connectivity index (χ0v) is 16.5. The van der Waals surface area contributed by atoms with E-state index >= 15 is 0 Å². The van der Waals surface area contributed by atoms with Gasteiger partial charge in [0.15, 0.2) is 0 Å². The molecule has 1 aliphatic carbocycles. The van der Waals surface area contributed by atoms with E-state index in [2.05, 4.69) is 52.2 Å². The number of hydroxylamine groups is 1. The summed E-state index contributed by atoms with van der Waals surface area (Å²) in [5, 5.41) is 12.0. The number of hydrogen-bond acceptors (Lipinski definition) is 3. The first-order valence-electron chi connectivity index (χ1n) is 8.55. The highest BCUT2D eigenvalue weighted by Gasteiger charge is 2.18. The number of hydrogen-bond donors (Lipinski definition) is 3. The summed E-state index contributed by atoms with van der Waals surface area (Å²) in [5.74, 6) is -0.534. The molecule has 0 unspecified atom stereocenters. The highest BCUT2D eigenvalue weighted by Crippen LogP contribution is 2.37. The van der Waals surface area contributed by atoms with Gasteiger partial charge in [0.1, 0.15) is 0 Å². The second-order valence-corrected chi connectivity index (χ2v) is 7.50. The molecule has 0 fully saturated rings. The van der Waals surface area contributed by atoms with Crippen molar-refractivity contribution in [3.63, 3.8) is 0 Å². The molecule has 4 nitrogen and oxygen atoms in total. The van der Waals surface area contributed by atoms with Crippen LogP contribution in [0.2, 0.25) is 0 Å². The molecule has 0 aliphatic heterocycles. The van der Waals surface area contributed by atoms with Crippen LogP contribution in [-0.2, 0) is 17.8 Å². The van der Waals surface area contributed by atoms with Gasteiger partial charge in [0, 0.05) is 19.0 Å². The van der Waals surface area contributed by atoms with Crippen LogP contribution in [0.4, 0.5) is 0 Å². The molecule has 3 rings (SSSR count). The molecule has 0 heterocycles. The van der Waals surface area contributed by atoms with Crippen molar-refractivity contribution < 1.29 is 10.0 Å². The monoisotopic (exact) mass is 460 g/mol. The first-order chi connectivity index (χ1) is 12.7. The van der Waals surface area contributed by atoms with Gasteiger partial charge in [-0.2, -0.15) is 0 Å². The summed E-state index contributed by atoms with van der Waals surface area (Å²) < 4.78 is 1.45. The normalized spacial score (nSPS) is 13.3. The fraction of sp³-hybridized carbons (Fsp3) is 0.190.